The number of ketones is 1. The number of rotatable bonds is 7. The second-order valence-corrected chi connectivity index (χ2v) is 5.03. The van der Waals surface area contributed by atoms with Crippen LogP contribution < -0.4 is 4.74 Å². The average Bonchev–Trinajstić information content (AvgIpc) is 2.55. The summed E-state index contributed by atoms with van der Waals surface area (Å²) in [5, 5.41) is 20.8. The van der Waals surface area contributed by atoms with E-state index in [9.17, 15) is 20.0 Å². The maximum absolute atomic E-state index is 12.3. The van der Waals surface area contributed by atoms with Gasteiger partial charge in [0.15, 0.2) is 11.5 Å². The molecular formula is C17H17NO5. The number of phenols is 1. The Bertz CT molecular complexity index is 712. The first-order chi connectivity index (χ1) is 11.0. The van der Waals surface area contributed by atoms with Crippen LogP contribution in [-0.2, 0) is 6.42 Å². The molecule has 6 nitrogen and oxygen atoms in total. The number of nitro groups is 1. The van der Waals surface area contributed by atoms with Crippen LogP contribution in [0, 0.1) is 10.1 Å². The number of nitro benzene ring substituents is 1. The smallest absolute Gasteiger partial charge is 0.325 e. The third-order valence-corrected chi connectivity index (χ3v) is 3.51. The third-order valence-electron chi connectivity index (χ3n) is 3.51. The van der Waals surface area contributed by atoms with Gasteiger partial charge in [-0.05, 0) is 30.5 Å². The highest BCUT2D eigenvalue weighted by Crippen LogP contribution is 2.39. The lowest BCUT2D eigenvalue weighted by Gasteiger charge is -2.08. The molecule has 2 rings (SSSR count). The molecule has 0 amide bonds. The SMILES string of the molecule is COc1c(O)ccc(C(=O)CCCc2ccccc2)c1[N+](=O)[O-]. The van der Waals surface area contributed by atoms with Crippen molar-refractivity contribution in [2.45, 2.75) is 19.3 Å². The number of benzene rings is 2. The first kappa shape index (κ1) is 16.5. The summed E-state index contributed by atoms with van der Waals surface area (Å²) in [6, 6.07) is 12.2. The van der Waals surface area contributed by atoms with Gasteiger partial charge in [-0.15, -0.1) is 0 Å². The number of hydrogen-bond acceptors (Lipinski definition) is 5. The summed E-state index contributed by atoms with van der Waals surface area (Å²) in [7, 11) is 1.21. The molecule has 120 valence electrons. The molecule has 0 radical (unpaired) electrons. The molecule has 0 saturated heterocycles. The van der Waals surface area contributed by atoms with Crippen LogP contribution in [0.2, 0.25) is 0 Å². The number of phenolic OH excluding ortho intramolecular Hbond substituents is 1. The molecule has 6 heteroatoms. The Morgan fingerprint density at radius 2 is 1.91 bits per heavy atom. The Kier molecular flexibility index (Phi) is 5.30. The minimum atomic E-state index is -0.705. The molecule has 0 heterocycles. The first-order valence-corrected chi connectivity index (χ1v) is 7.16. The normalized spacial score (nSPS) is 10.3. The molecule has 0 aromatic heterocycles. The zero-order chi connectivity index (χ0) is 16.8. The molecule has 0 bridgehead atoms. The standard InChI is InChI=1S/C17H17NO5/c1-23-17-15(20)11-10-13(16(17)18(21)22)14(19)9-5-8-12-6-3-2-4-7-12/h2-4,6-7,10-11,20H,5,8-9H2,1H3. The Labute approximate surface area is 133 Å². The van der Waals surface area contributed by atoms with Crippen LogP contribution in [0.15, 0.2) is 42.5 Å². The number of ether oxygens (including phenoxy) is 1. The van der Waals surface area contributed by atoms with Gasteiger partial charge in [-0.25, -0.2) is 0 Å². The molecule has 0 aliphatic rings. The van der Waals surface area contributed by atoms with Crippen molar-refractivity contribution in [3.05, 3.63) is 63.7 Å². The molecule has 1 N–H and O–H groups in total. The zero-order valence-corrected chi connectivity index (χ0v) is 12.7. The fourth-order valence-electron chi connectivity index (χ4n) is 2.40. The van der Waals surface area contributed by atoms with E-state index in [1.165, 1.54) is 19.2 Å². The van der Waals surface area contributed by atoms with E-state index in [1.54, 1.807) is 0 Å². The molecule has 0 fully saturated rings. The number of Topliss-reactive ketones (excluding diaryl/α,β-unsaturated/α-hetero) is 1. The number of aromatic hydroxyl groups is 1. The van der Waals surface area contributed by atoms with E-state index in [2.05, 4.69) is 0 Å². The van der Waals surface area contributed by atoms with Gasteiger partial charge in [0.1, 0.15) is 0 Å². The summed E-state index contributed by atoms with van der Waals surface area (Å²) < 4.78 is 4.86. The highest BCUT2D eigenvalue weighted by atomic mass is 16.6. The van der Waals surface area contributed by atoms with Crippen molar-refractivity contribution in [3.8, 4) is 11.5 Å². The highest BCUT2D eigenvalue weighted by Gasteiger charge is 2.27. The van der Waals surface area contributed by atoms with Crippen molar-refractivity contribution in [2.75, 3.05) is 7.11 Å². The van der Waals surface area contributed by atoms with E-state index in [4.69, 9.17) is 4.74 Å². The Hall–Kier alpha value is -2.89. The largest absolute Gasteiger partial charge is 0.504 e. The molecule has 0 unspecified atom stereocenters. The van der Waals surface area contributed by atoms with E-state index in [0.29, 0.717) is 6.42 Å². The number of nitrogens with zero attached hydrogens (tertiary/aromatic N) is 1. The summed E-state index contributed by atoms with van der Waals surface area (Å²) in [6.07, 6.45) is 1.49. The highest BCUT2D eigenvalue weighted by molar-refractivity contribution is 6.01. The van der Waals surface area contributed by atoms with Crippen LogP contribution in [0.4, 0.5) is 5.69 Å². The lowest BCUT2D eigenvalue weighted by atomic mass is 10.0. The summed E-state index contributed by atoms with van der Waals surface area (Å²) in [4.78, 5) is 22.8. The van der Waals surface area contributed by atoms with Crippen LogP contribution in [0.25, 0.3) is 0 Å². The number of carbonyl (C=O) groups excluding carboxylic acids is 1. The topological polar surface area (TPSA) is 89.7 Å². The van der Waals surface area contributed by atoms with E-state index in [-0.39, 0.29) is 29.3 Å². The lowest BCUT2D eigenvalue weighted by molar-refractivity contribution is -0.386. The van der Waals surface area contributed by atoms with Gasteiger partial charge in [-0.2, -0.15) is 0 Å². The average molecular weight is 315 g/mol. The van der Waals surface area contributed by atoms with Crippen molar-refractivity contribution in [1.29, 1.82) is 0 Å². The van der Waals surface area contributed by atoms with Crippen LogP contribution in [-0.4, -0.2) is 22.9 Å². The molecule has 23 heavy (non-hydrogen) atoms. The molecule has 0 saturated carbocycles. The zero-order valence-electron chi connectivity index (χ0n) is 12.7. The second-order valence-electron chi connectivity index (χ2n) is 5.03. The van der Waals surface area contributed by atoms with Gasteiger partial charge < -0.3 is 9.84 Å². The molecule has 0 atom stereocenters. The Morgan fingerprint density at radius 3 is 2.52 bits per heavy atom. The lowest BCUT2D eigenvalue weighted by Crippen LogP contribution is -2.06. The summed E-state index contributed by atoms with van der Waals surface area (Å²) in [5.74, 6) is -0.991. The number of aryl methyl sites for hydroxylation is 1. The Morgan fingerprint density at radius 1 is 1.22 bits per heavy atom. The molecule has 2 aromatic rings. The number of carbonyl (C=O) groups is 1. The minimum absolute atomic E-state index is 0.0438. The molecular weight excluding hydrogens is 298 g/mol. The van der Waals surface area contributed by atoms with Gasteiger partial charge >= 0.3 is 5.69 Å². The van der Waals surface area contributed by atoms with Crippen molar-refractivity contribution in [2.24, 2.45) is 0 Å². The van der Waals surface area contributed by atoms with E-state index < -0.39 is 10.6 Å². The molecule has 0 aliphatic heterocycles. The van der Waals surface area contributed by atoms with Gasteiger partial charge in [0.25, 0.3) is 0 Å². The summed E-state index contributed by atoms with van der Waals surface area (Å²) in [5.41, 5.74) is 0.577. The molecule has 0 aliphatic carbocycles. The van der Waals surface area contributed by atoms with E-state index in [0.717, 1.165) is 12.0 Å². The summed E-state index contributed by atoms with van der Waals surface area (Å²) in [6.45, 7) is 0. The predicted octanol–water partition coefficient (Wildman–Crippen LogP) is 3.51. The van der Waals surface area contributed by atoms with Gasteiger partial charge in [-0.3, -0.25) is 14.9 Å². The van der Waals surface area contributed by atoms with E-state index >= 15 is 0 Å². The van der Waals surface area contributed by atoms with E-state index in [1.807, 2.05) is 30.3 Å². The van der Waals surface area contributed by atoms with Gasteiger partial charge in [-0.1, -0.05) is 30.3 Å². The van der Waals surface area contributed by atoms with Crippen LogP contribution in [0.3, 0.4) is 0 Å². The van der Waals surface area contributed by atoms with Crippen LogP contribution in [0.5, 0.6) is 11.5 Å². The van der Waals surface area contributed by atoms with Gasteiger partial charge in [0.05, 0.1) is 17.6 Å². The first-order valence-electron chi connectivity index (χ1n) is 7.16. The maximum Gasteiger partial charge on any atom is 0.325 e. The van der Waals surface area contributed by atoms with Gasteiger partial charge in [0, 0.05) is 6.42 Å². The van der Waals surface area contributed by atoms with Crippen LogP contribution >= 0.6 is 0 Å². The maximum atomic E-state index is 12.3. The molecule has 0 spiro atoms. The third kappa shape index (κ3) is 3.85. The van der Waals surface area contributed by atoms with Crippen molar-refractivity contribution in [3.63, 3.8) is 0 Å². The summed E-state index contributed by atoms with van der Waals surface area (Å²) >= 11 is 0. The number of methoxy groups -OCH3 is 1. The van der Waals surface area contributed by atoms with Crippen molar-refractivity contribution in [1.82, 2.24) is 0 Å². The van der Waals surface area contributed by atoms with Crippen LogP contribution in [0.1, 0.15) is 28.8 Å². The molecule has 2 aromatic carbocycles. The number of hydrogen-bond donors (Lipinski definition) is 1. The van der Waals surface area contributed by atoms with Gasteiger partial charge in [0.2, 0.25) is 5.75 Å². The quantitative estimate of drug-likeness (QED) is 0.479. The monoisotopic (exact) mass is 315 g/mol. The Balaban J connectivity index is 2.14. The predicted molar refractivity (Wildman–Crippen MR) is 85.0 cm³/mol. The second kappa shape index (κ2) is 7.40. The van der Waals surface area contributed by atoms with Crippen molar-refractivity contribution < 1.29 is 19.6 Å². The fourth-order valence-corrected chi connectivity index (χ4v) is 2.40. The minimum Gasteiger partial charge on any atom is -0.504 e. The van der Waals surface area contributed by atoms with Crippen molar-refractivity contribution >= 4 is 11.5 Å². The fraction of sp³-hybridized carbons (Fsp3) is 0.235.